The number of rotatable bonds is 3. The molecule has 0 aromatic heterocycles. The van der Waals surface area contributed by atoms with Crippen LogP contribution in [0, 0.1) is 0 Å². The van der Waals surface area contributed by atoms with Crippen molar-refractivity contribution in [2.75, 3.05) is 30.4 Å². The molecule has 0 saturated heterocycles. The number of fused-ring (bicyclic) bond motifs is 1. The molecule has 0 unspecified atom stereocenters. The summed E-state index contributed by atoms with van der Waals surface area (Å²) in [4.78, 5) is 24.9. The van der Waals surface area contributed by atoms with Crippen LogP contribution >= 0.6 is 0 Å². The number of carbonyl (C=O) groups excluding carboxylic acids is 2. The molecule has 1 heterocycles. The summed E-state index contributed by atoms with van der Waals surface area (Å²) in [6.07, 6.45) is 0.134. The fourth-order valence-corrected chi connectivity index (χ4v) is 1.82. The lowest BCUT2D eigenvalue weighted by molar-refractivity contribution is -0.128. The van der Waals surface area contributed by atoms with E-state index >= 15 is 0 Å². The first-order valence-corrected chi connectivity index (χ1v) is 5.68. The smallest absolute Gasteiger partial charge is 0.271 e. The van der Waals surface area contributed by atoms with E-state index in [-0.39, 0.29) is 31.4 Å². The number of nitrogens with zero attached hydrogens (tertiary/aromatic N) is 1. The van der Waals surface area contributed by atoms with Crippen molar-refractivity contribution in [2.24, 2.45) is 5.73 Å². The molecule has 0 bridgehead atoms. The lowest BCUT2D eigenvalue weighted by atomic mass is 10.2. The Morgan fingerprint density at radius 2 is 2.33 bits per heavy atom. The summed E-state index contributed by atoms with van der Waals surface area (Å²) in [5.74, 6) is -0.145. The van der Waals surface area contributed by atoms with E-state index in [0.29, 0.717) is 11.4 Å². The first kappa shape index (κ1) is 12.4. The van der Waals surface area contributed by atoms with Crippen LogP contribution in [0.1, 0.15) is 6.42 Å². The summed E-state index contributed by atoms with van der Waals surface area (Å²) < 4.78 is 5.29. The molecule has 1 aliphatic rings. The zero-order valence-electron chi connectivity index (χ0n) is 10.1. The van der Waals surface area contributed by atoms with E-state index in [1.165, 1.54) is 0 Å². The highest BCUT2D eigenvalue weighted by Gasteiger charge is 2.30. The molecule has 1 aliphatic heterocycles. The third-order valence-electron chi connectivity index (χ3n) is 2.70. The molecule has 96 valence electrons. The Bertz CT molecular complexity index is 487. The first-order valence-electron chi connectivity index (χ1n) is 5.68. The van der Waals surface area contributed by atoms with Gasteiger partial charge in [0.15, 0.2) is 6.61 Å². The third kappa shape index (κ3) is 2.14. The van der Waals surface area contributed by atoms with Gasteiger partial charge in [0, 0.05) is 25.7 Å². The Kier molecular flexibility index (Phi) is 3.47. The number of imide groups is 1. The Morgan fingerprint density at radius 1 is 1.56 bits per heavy atom. The van der Waals surface area contributed by atoms with Gasteiger partial charge in [0.1, 0.15) is 5.75 Å². The van der Waals surface area contributed by atoms with Crippen LogP contribution in [0.15, 0.2) is 18.2 Å². The van der Waals surface area contributed by atoms with Crippen LogP contribution in [0.25, 0.3) is 0 Å². The van der Waals surface area contributed by atoms with Crippen LogP contribution in [0.4, 0.5) is 11.4 Å². The van der Waals surface area contributed by atoms with Crippen molar-refractivity contribution >= 4 is 23.2 Å². The highest BCUT2D eigenvalue weighted by molar-refractivity contribution is 6.17. The van der Waals surface area contributed by atoms with Gasteiger partial charge in [0.05, 0.1) is 5.69 Å². The van der Waals surface area contributed by atoms with Gasteiger partial charge in [-0.3, -0.25) is 9.59 Å². The van der Waals surface area contributed by atoms with Crippen LogP contribution in [-0.4, -0.2) is 32.0 Å². The molecule has 0 fully saturated rings. The van der Waals surface area contributed by atoms with Gasteiger partial charge < -0.3 is 15.8 Å². The van der Waals surface area contributed by atoms with Gasteiger partial charge in [-0.25, -0.2) is 4.90 Å². The molecule has 18 heavy (non-hydrogen) atoms. The molecule has 1 aromatic carbocycles. The number of carbonyl (C=O) groups is 2. The highest BCUT2D eigenvalue weighted by atomic mass is 16.5. The minimum Gasteiger partial charge on any atom is -0.482 e. The number of nitrogens with two attached hydrogens (primary N) is 1. The van der Waals surface area contributed by atoms with Crippen molar-refractivity contribution in [1.82, 2.24) is 0 Å². The van der Waals surface area contributed by atoms with Gasteiger partial charge in [-0.05, 0) is 18.2 Å². The molecule has 0 aliphatic carbocycles. The largest absolute Gasteiger partial charge is 0.482 e. The number of hydrogen-bond acceptors (Lipinski definition) is 5. The number of ether oxygens (including phenoxy) is 1. The van der Waals surface area contributed by atoms with E-state index in [4.69, 9.17) is 10.5 Å². The summed E-state index contributed by atoms with van der Waals surface area (Å²) in [7, 11) is 1.76. The highest BCUT2D eigenvalue weighted by Crippen LogP contribution is 2.34. The Labute approximate surface area is 105 Å². The number of benzene rings is 1. The summed E-state index contributed by atoms with van der Waals surface area (Å²) in [6, 6.07) is 5.26. The van der Waals surface area contributed by atoms with Crippen LogP contribution in [0.2, 0.25) is 0 Å². The summed E-state index contributed by atoms with van der Waals surface area (Å²) >= 11 is 0. The standard InChI is InChI=1S/C12H15N3O3/c1-14-8-2-3-10-9(6-8)15(11(16)4-5-13)12(17)7-18-10/h2-3,6,14H,4-5,7,13H2,1H3. The van der Waals surface area contributed by atoms with Crippen LogP contribution < -0.4 is 20.7 Å². The average molecular weight is 249 g/mol. The Balaban J connectivity index is 2.42. The Morgan fingerprint density at radius 3 is 3.00 bits per heavy atom. The lowest BCUT2D eigenvalue weighted by Gasteiger charge is -2.28. The topological polar surface area (TPSA) is 84.7 Å². The number of nitrogens with one attached hydrogen (secondary N) is 1. The number of hydrogen-bond donors (Lipinski definition) is 2. The monoisotopic (exact) mass is 249 g/mol. The molecule has 0 saturated carbocycles. The maximum Gasteiger partial charge on any atom is 0.271 e. The van der Waals surface area contributed by atoms with Gasteiger partial charge in [0.2, 0.25) is 5.91 Å². The van der Waals surface area contributed by atoms with Crippen molar-refractivity contribution in [1.29, 1.82) is 0 Å². The zero-order valence-corrected chi connectivity index (χ0v) is 10.1. The lowest BCUT2D eigenvalue weighted by Crippen LogP contribution is -2.43. The molecule has 2 rings (SSSR count). The molecular formula is C12H15N3O3. The summed E-state index contributed by atoms with van der Waals surface area (Å²) in [6.45, 7) is 0.0900. The fourth-order valence-electron chi connectivity index (χ4n) is 1.82. The predicted molar refractivity (Wildman–Crippen MR) is 67.6 cm³/mol. The molecular weight excluding hydrogens is 234 g/mol. The van der Waals surface area contributed by atoms with Crippen LogP contribution in [0.3, 0.4) is 0 Å². The fraction of sp³-hybridized carbons (Fsp3) is 0.333. The van der Waals surface area contributed by atoms with Crippen molar-refractivity contribution in [3.63, 3.8) is 0 Å². The van der Waals surface area contributed by atoms with Gasteiger partial charge in [-0.1, -0.05) is 0 Å². The molecule has 0 atom stereocenters. The minimum atomic E-state index is -0.366. The molecule has 0 radical (unpaired) electrons. The molecule has 3 N–H and O–H groups in total. The van der Waals surface area contributed by atoms with E-state index < -0.39 is 0 Å². The van der Waals surface area contributed by atoms with Crippen LogP contribution in [0.5, 0.6) is 5.75 Å². The van der Waals surface area contributed by atoms with E-state index in [1.807, 2.05) is 6.07 Å². The SMILES string of the molecule is CNc1ccc2c(c1)N(C(=O)CCN)C(=O)CO2. The van der Waals surface area contributed by atoms with Gasteiger partial charge in [-0.15, -0.1) is 0 Å². The van der Waals surface area contributed by atoms with Crippen molar-refractivity contribution in [3.8, 4) is 5.75 Å². The molecule has 1 aromatic rings. The van der Waals surface area contributed by atoms with Crippen molar-refractivity contribution in [3.05, 3.63) is 18.2 Å². The Hall–Kier alpha value is -2.08. The summed E-state index contributed by atoms with van der Waals surface area (Å²) in [5.41, 5.74) is 6.63. The average Bonchev–Trinajstić information content (AvgIpc) is 2.38. The van der Waals surface area contributed by atoms with Gasteiger partial charge >= 0.3 is 0 Å². The van der Waals surface area contributed by atoms with E-state index in [1.54, 1.807) is 19.2 Å². The maximum absolute atomic E-state index is 11.9. The molecule has 6 nitrogen and oxygen atoms in total. The van der Waals surface area contributed by atoms with E-state index in [2.05, 4.69) is 5.32 Å². The number of anilines is 2. The van der Waals surface area contributed by atoms with Crippen molar-refractivity contribution < 1.29 is 14.3 Å². The molecule has 2 amide bonds. The first-order chi connectivity index (χ1) is 8.67. The molecule has 6 heteroatoms. The predicted octanol–water partition coefficient (Wildman–Crippen LogP) is 0.329. The minimum absolute atomic E-state index is 0.123. The second kappa shape index (κ2) is 5.05. The quantitative estimate of drug-likeness (QED) is 0.806. The zero-order chi connectivity index (χ0) is 13.1. The second-order valence-electron chi connectivity index (χ2n) is 3.88. The third-order valence-corrected chi connectivity index (χ3v) is 2.70. The van der Waals surface area contributed by atoms with E-state index in [9.17, 15) is 9.59 Å². The maximum atomic E-state index is 11.9. The van der Waals surface area contributed by atoms with Gasteiger partial charge in [-0.2, -0.15) is 0 Å². The van der Waals surface area contributed by atoms with E-state index in [0.717, 1.165) is 10.6 Å². The number of amides is 2. The molecule has 0 spiro atoms. The second-order valence-corrected chi connectivity index (χ2v) is 3.88. The normalized spacial score (nSPS) is 13.9. The summed E-state index contributed by atoms with van der Waals surface area (Å²) in [5, 5.41) is 2.95. The van der Waals surface area contributed by atoms with Crippen molar-refractivity contribution in [2.45, 2.75) is 6.42 Å². The van der Waals surface area contributed by atoms with Crippen LogP contribution in [-0.2, 0) is 9.59 Å². The van der Waals surface area contributed by atoms with Gasteiger partial charge in [0.25, 0.3) is 5.91 Å².